The smallest absolute Gasteiger partial charge is 0.309 e. The molecular formula is C14H18O2. The molecule has 2 atom stereocenters. The minimum Gasteiger partial charge on any atom is -0.465 e. The van der Waals surface area contributed by atoms with Crippen molar-refractivity contribution in [3.05, 3.63) is 35.9 Å². The number of carbonyl (C=O) groups is 1. The topological polar surface area (TPSA) is 26.3 Å². The van der Waals surface area contributed by atoms with Crippen molar-refractivity contribution in [2.75, 3.05) is 6.61 Å². The first-order valence-corrected chi connectivity index (χ1v) is 6.04. The predicted molar refractivity (Wildman–Crippen MR) is 63.2 cm³/mol. The van der Waals surface area contributed by atoms with Crippen LogP contribution in [0, 0.1) is 5.92 Å². The number of ether oxygens (including phenoxy) is 1. The van der Waals surface area contributed by atoms with Gasteiger partial charge in [0.25, 0.3) is 0 Å². The molecule has 1 aliphatic carbocycles. The first-order valence-electron chi connectivity index (χ1n) is 6.04. The maximum Gasteiger partial charge on any atom is 0.309 e. The van der Waals surface area contributed by atoms with Crippen molar-refractivity contribution in [2.45, 2.75) is 32.1 Å². The lowest BCUT2D eigenvalue weighted by atomic mass is 10.1. The average molecular weight is 218 g/mol. The second-order valence-electron chi connectivity index (χ2n) is 4.38. The van der Waals surface area contributed by atoms with Crippen LogP contribution in [0.1, 0.15) is 37.7 Å². The summed E-state index contributed by atoms with van der Waals surface area (Å²) in [4.78, 5) is 11.6. The maximum absolute atomic E-state index is 11.6. The molecule has 1 aliphatic rings. The van der Waals surface area contributed by atoms with Crippen molar-refractivity contribution in [2.24, 2.45) is 5.92 Å². The summed E-state index contributed by atoms with van der Waals surface area (Å²) >= 11 is 0. The van der Waals surface area contributed by atoms with E-state index in [-0.39, 0.29) is 11.9 Å². The molecule has 1 aromatic rings. The van der Waals surface area contributed by atoms with Crippen LogP contribution in [0.15, 0.2) is 30.3 Å². The van der Waals surface area contributed by atoms with E-state index in [1.165, 1.54) is 5.56 Å². The van der Waals surface area contributed by atoms with Gasteiger partial charge in [0, 0.05) is 0 Å². The van der Waals surface area contributed by atoms with Crippen molar-refractivity contribution in [1.82, 2.24) is 0 Å². The minimum absolute atomic E-state index is 0.0118. The van der Waals surface area contributed by atoms with E-state index in [0.29, 0.717) is 12.5 Å². The zero-order chi connectivity index (χ0) is 11.4. The van der Waals surface area contributed by atoms with Crippen LogP contribution in [0.2, 0.25) is 0 Å². The summed E-state index contributed by atoms with van der Waals surface area (Å²) in [7, 11) is 0. The fourth-order valence-corrected chi connectivity index (χ4v) is 1.95. The van der Waals surface area contributed by atoms with Crippen LogP contribution in [0.4, 0.5) is 0 Å². The Bertz CT molecular complexity index is 345. The van der Waals surface area contributed by atoms with E-state index < -0.39 is 0 Å². The van der Waals surface area contributed by atoms with E-state index in [0.717, 1.165) is 19.3 Å². The molecule has 0 spiro atoms. The summed E-state index contributed by atoms with van der Waals surface area (Å²) < 4.78 is 5.22. The molecule has 2 rings (SSSR count). The molecule has 16 heavy (non-hydrogen) atoms. The van der Waals surface area contributed by atoms with Crippen molar-refractivity contribution in [1.29, 1.82) is 0 Å². The van der Waals surface area contributed by atoms with Gasteiger partial charge in [-0.25, -0.2) is 0 Å². The van der Waals surface area contributed by atoms with Crippen LogP contribution in [0.5, 0.6) is 0 Å². The Hall–Kier alpha value is -1.31. The van der Waals surface area contributed by atoms with Gasteiger partial charge < -0.3 is 4.74 Å². The molecule has 0 aliphatic heterocycles. The van der Waals surface area contributed by atoms with Gasteiger partial charge >= 0.3 is 5.97 Å². The molecule has 2 heteroatoms. The molecular weight excluding hydrogens is 200 g/mol. The first-order chi connectivity index (χ1) is 7.83. The molecule has 0 bridgehead atoms. The van der Waals surface area contributed by atoms with Crippen LogP contribution < -0.4 is 0 Å². The number of unbranched alkanes of at least 4 members (excludes halogenated alkanes) is 1. The molecule has 0 aromatic heterocycles. The average Bonchev–Trinajstić information content (AvgIpc) is 3.10. The molecule has 2 nitrogen and oxygen atoms in total. The predicted octanol–water partition coefficient (Wildman–Crippen LogP) is 3.13. The minimum atomic E-state index is -0.0118. The van der Waals surface area contributed by atoms with Crippen molar-refractivity contribution >= 4 is 5.97 Å². The van der Waals surface area contributed by atoms with E-state index in [4.69, 9.17) is 4.74 Å². The summed E-state index contributed by atoms with van der Waals surface area (Å²) in [5.74, 6) is 0.497. The largest absolute Gasteiger partial charge is 0.465 e. The fourth-order valence-electron chi connectivity index (χ4n) is 1.95. The third kappa shape index (κ3) is 2.63. The summed E-state index contributed by atoms with van der Waals surface area (Å²) in [5.41, 5.74) is 1.26. The van der Waals surface area contributed by atoms with Gasteiger partial charge in [-0.05, 0) is 24.3 Å². The molecule has 0 unspecified atom stereocenters. The second kappa shape index (κ2) is 5.15. The number of rotatable bonds is 5. The highest BCUT2D eigenvalue weighted by Gasteiger charge is 2.44. The van der Waals surface area contributed by atoms with E-state index in [1.807, 2.05) is 18.2 Å². The van der Waals surface area contributed by atoms with Crippen molar-refractivity contribution in [3.63, 3.8) is 0 Å². The Morgan fingerprint density at radius 2 is 2.12 bits per heavy atom. The van der Waals surface area contributed by atoms with Crippen molar-refractivity contribution < 1.29 is 9.53 Å². The summed E-state index contributed by atoms with van der Waals surface area (Å²) in [6.45, 7) is 2.67. The van der Waals surface area contributed by atoms with E-state index >= 15 is 0 Å². The van der Waals surface area contributed by atoms with Gasteiger partial charge in [-0.3, -0.25) is 4.79 Å². The van der Waals surface area contributed by atoms with E-state index in [9.17, 15) is 4.79 Å². The lowest BCUT2D eigenvalue weighted by molar-refractivity contribution is -0.145. The molecule has 0 N–H and O–H groups in total. The first kappa shape index (κ1) is 11.2. The molecule has 0 amide bonds. The normalized spacial score (nSPS) is 22.8. The fraction of sp³-hybridized carbons (Fsp3) is 0.500. The number of benzene rings is 1. The van der Waals surface area contributed by atoms with Gasteiger partial charge in [0.1, 0.15) is 0 Å². The zero-order valence-corrected chi connectivity index (χ0v) is 9.69. The Balaban J connectivity index is 1.80. The summed E-state index contributed by atoms with van der Waals surface area (Å²) in [6.07, 6.45) is 2.99. The third-order valence-corrected chi connectivity index (χ3v) is 3.06. The number of hydrogen-bond donors (Lipinski definition) is 0. The second-order valence-corrected chi connectivity index (χ2v) is 4.38. The molecule has 0 saturated heterocycles. The number of carbonyl (C=O) groups excluding carboxylic acids is 1. The van der Waals surface area contributed by atoms with Gasteiger partial charge in [-0.15, -0.1) is 0 Å². The highest BCUT2D eigenvalue weighted by molar-refractivity contribution is 5.77. The van der Waals surface area contributed by atoms with Gasteiger partial charge in [0.15, 0.2) is 0 Å². The molecule has 0 radical (unpaired) electrons. The molecule has 0 heterocycles. The van der Waals surface area contributed by atoms with E-state index in [2.05, 4.69) is 19.1 Å². The Labute approximate surface area is 96.6 Å². The van der Waals surface area contributed by atoms with Gasteiger partial charge in [-0.1, -0.05) is 43.7 Å². The number of hydrogen-bond acceptors (Lipinski definition) is 2. The quantitative estimate of drug-likeness (QED) is 0.560. The SMILES string of the molecule is CCCCOC(=O)[C@H]1C[C@@H]1c1ccccc1. The molecule has 86 valence electrons. The van der Waals surface area contributed by atoms with Gasteiger partial charge in [-0.2, -0.15) is 0 Å². The molecule has 1 saturated carbocycles. The van der Waals surface area contributed by atoms with Crippen LogP contribution in [-0.4, -0.2) is 12.6 Å². The zero-order valence-electron chi connectivity index (χ0n) is 9.69. The van der Waals surface area contributed by atoms with Crippen molar-refractivity contribution in [3.8, 4) is 0 Å². The lowest BCUT2D eigenvalue weighted by Crippen LogP contribution is -2.08. The van der Waals surface area contributed by atoms with Crippen LogP contribution in [0.3, 0.4) is 0 Å². The monoisotopic (exact) mass is 218 g/mol. The Morgan fingerprint density at radius 3 is 2.81 bits per heavy atom. The lowest BCUT2D eigenvalue weighted by Gasteiger charge is -2.03. The number of esters is 1. The molecule has 1 aromatic carbocycles. The third-order valence-electron chi connectivity index (χ3n) is 3.06. The standard InChI is InChI=1S/C14H18O2/c1-2-3-9-16-14(15)13-10-12(13)11-7-5-4-6-8-11/h4-8,12-13H,2-3,9-10H2,1H3/t12-,13+/m1/s1. The summed E-state index contributed by atoms with van der Waals surface area (Å²) in [6, 6.07) is 10.2. The van der Waals surface area contributed by atoms with E-state index in [1.54, 1.807) is 0 Å². The summed E-state index contributed by atoms with van der Waals surface area (Å²) in [5, 5.41) is 0. The molecule has 1 fully saturated rings. The van der Waals surface area contributed by atoms with Gasteiger partial charge in [0.05, 0.1) is 12.5 Å². The van der Waals surface area contributed by atoms with Crippen LogP contribution in [0.25, 0.3) is 0 Å². The Morgan fingerprint density at radius 1 is 1.38 bits per heavy atom. The highest BCUT2D eigenvalue weighted by atomic mass is 16.5. The Kier molecular flexibility index (Phi) is 3.60. The van der Waals surface area contributed by atoms with Crippen LogP contribution >= 0.6 is 0 Å². The maximum atomic E-state index is 11.6. The highest BCUT2D eigenvalue weighted by Crippen LogP contribution is 2.47. The van der Waals surface area contributed by atoms with Crippen LogP contribution in [-0.2, 0) is 9.53 Å². The van der Waals surface area contributed by atoms with Gasteiger partial charge in [0.2, 0.25) is 0 Å².